The second-order valence-corrected chi connectivity index (χ2v) is 5.18. The predicted molar refractivity (Wildman–Crippen MR) is 72.8 cm³/mol. The lowest BCUT2D eigenvalue weighted by molar-refractivity contribution is 0.166. The molecule has 0 saturated carbocycles. The highest BCUT2D eigenvalue weighted by molar-refractivity contribution is 5.14. The number of hydrogen-bond acceptors (Lipinski definition) is 5. The zero-order chi connectivity index (χ0) is 13.9. The van der Waals surface area contributed by atoms with Crippen LogP contribution in [-0.4, -0.2) is 47.6 Å². The second kappa shape index (κ2) is 5.72. The summed E-state index contributed by atoms with van der Waals surface area (Å²) < 4.78 is 4.00. The molecule has 7 heteroatoms. The van der Waals surface area contributed by atoms with Gasteiger partial charge in [0.15, 0.2) is 0 Å². The van der Waals surface area contributed by atoms with E-state index in [1.165, 1.54) is 5.69 Å². The molecule has 0 saturated heterocycles. The predicted octanol–water partition coefficient (Wildman–Crippen LogP) is 0.434. The SMILES string of the molecule is CC[C@H](O)c1cc2n(n1)CCN(CCn1cnnc1)C2. The van der Waals surface area contributed by atoms with E-state index in [1.807, 2.05) is 22.2 Å². The van der Waals surface area contributed by atoms with Crippen molar-refractivity contribution in [2.24, 2.45) is 0 Å². The standard InChI is InChI=1S/C13H20N6O/c1-2-13(20)12-7-11-8-17(5-6-19(11)16-12)3-4-18-9-14-15-10-18/h7,9-10,13,20H,2-6,8H2,1H3/t13-/m0/s1. The van der Waals surface area contributed by atoms with Gasteiger partial charge in [0, 0.05) is 26.2 Å². The van der Waals surface area contributed by atoms with E-state index in [9.17, 15) is 5.11 Å². The van der Waals surface area contributed by atoms with E-state index in [4.69, 9.17) is 0 Å². The number of aliphatic hydroxyl groups is 1. The van der Waals surface area contributed by atoms with Crippen molar-refractivity contribution in [3.05, 3.63) is 30.1 Å². The smallest absolute Gasteiger partial charge is 0.119 e. The van der Waals surface area contributed by atoms with Gasteiger partial charge in [0.25, 0.3) is 0 Å². The van der Waals surface area contributed by atoms with Crippen molar-refractivity contribution in [1.82, 2.24) is 29.4 Å². The minimum absolute atomic E-state index is 0.446. The van der Waals surface area contributed by atoms with Crippen molar-refractivity contribution < 1.29 is 5.11 Å². The van der Waals surface area contributed by atoms with Crippen molar-refractivity contribution in [2.45, 2.75) is 39.1 Å². The van der Waals surface area contributed by atoms with Gasteiger partial charge in [0.2, 0.25) is 0 Å². The number of aromatic nitrogens is 5. The third-order valence-electron chi connectivity index (χ3n) is 3.76. The summed E-state index contributed by atoms with van der Waals surface area (Å²) in [6.07, 6.45) is 3.74. The molecular weight excluding hydrogens is 256 g/mol. The van der Waals surface area contributed by atoms with Crippen molar-refractivity contribution >= 4 is 0 Å². The maximum Gasteiger partial charge on any atom is 0.119 e. The Hall–Kier alpha value is -1.73. The molecule has 7 nitrogen and oxygen atoms in total. The maximum absolute atomic E-state index is 9.87. The number of fused-ring (bicyclic) bond motifs is 1. The topological polar surface area (TPSA) is 72.0 Å². The molecule has 1 atom stereocenters. The molecule has 0 amide bonds. The van der Waals surface area contributed by atoms with Gasteiger partial charge in [-0.25, -0.2) is 0 Å². The summed E-state index contributed by atoms with van der Waals surface area (Å²) in [7, 11) is 0. The van der Waals surface area contributed by atoms with Crippen LogP contribution in [0.3, 0.4) is 0 Å². The Balaban J connectivity index is 1.61. The second-order valence-electron chi connectivity index (χ2n) is 5.18. The summed E-state index contributed by atoms with van der Waals surface area (Å²) in [4.78, 5) is 2.39. The minimum atomic E-state index is -0.446. The summed E-state index contributed by atoms with van der Waals surface area (Å²) in [5.74, 6) is 0. The molecule has 20 heavy (non-hydrogen) atoms. The minimum Gasteiger partial charge on any atom is -0.387 e. The van der Waals surface area contributed by atoms with Crippen LogP contribution in [0.25, 0.3) is 0 Å². The van der Waals surface area contributed by atoms with Crippen molar-refractivity contribution in [3.8, 4) is 0 Å². The zero-order valence-electron chi connectivity index (χ0n) is 11.7. The fraction of sp³-hybridized carbons (Fsp3) is 0.615. The van der Waals surface area contributed by atoms with E-state index in [1.54, 1.807) is 12.7 Å². The summed E-state index contributed by atoms with van der Waals surface area (Å²) in [5, 5.41) is 22.0. The Morgan fingerprint density at radius 1 is 1.25 bits per heavy atom. The molecule has 1 aliphatic heterocycles. The Labute approximate surface area is 117 Å². The third-order valence-corrected chi connectivity index (χ3v) is 3.76. The first-order chi connectivity index (χ1) is 9.76. The maximum atomic E-state index is 9.87. The van der Waals surface area contributed by atoms with Gasteiger partial charge in [0.05, 0.1) is 24.0 Å². The van der Waals surface area contributed by atoms with Gasteiger partial charge in [0.1, 0.15) is 12.7 Å². The molecule has 3 rings (SSSR count). The molecule has 108 valence electrons. The number of nitrogens with zero attached hydrogens (tertiary/aromatic N) is 6. The van der Waals surface area contributed by atoms with Gasteiger partial charge >= 0.3 is 0 Å². The van der Waals surface area contributed by atoms with Crippen molar-refractivity contribution in [2.75, 3.05) is 13.1 Å². The number of aliphatic hydroxyl groups excluding tert-OH is 1. The molecule has 0 aliphatic carbocycles. The summed E-state index contributed by atoms with van der Waals surface area (Å²) in [6.45, 7) is 6.58. The van der Waals surface area contributed by atoms with E-state index in [2.05, 4.69) is 20.2 Å². The Kier molecular flexibility index (Phi) is 3.79. The molecule has 0 radical (unpaired) electrons. The number of rotatable bonds is 5. The quantitative estimate of drug-likeness (QED) is 0.857. The monoisotopic (exact) mass is 276 g/mol. The first kappa shape index (κ1) is 13.3. The van der Waals surface area contributed by atoms with Crippen LogP contribution in [0.5, 0.6) is 0 Å². The van der Waals surface area contributed by atoms with Gasteiger partial charge < -0.3 is 9.67 Å². The molecule has 2 aromatic heterocycles. The third kappa shape index (κ3) is 2.73. The van der Waals surface area contributed by atoms with E-state index in [0.29, 0.717) is 6.42 Å². The molecule has 2 aromatic rings. The summed E-state index contributed by atoms with van der Waals surface area (Å²) >= 11 is 0. The van der Waals surface area contributed by atoms with E-state index in [0.717, 1.165) is 38.4 Å². The van der Waals surface area contributed by atoms with Crippen LogP contribution in [0.2, 0.25) is 0 Å². The highest BCUT2D eigenvalue weighted by Crippen LogP contribution is 2.19. The van der Waals surface area contributed by atoms with Crippen molar-refractivity contribution in [1.29, 1.82) is 0 Å². The average molecular weight is 276 g/mol. The molecule has 0 bridgehead atoms. The molecule has 1 aliphatic rings. The Morgan fingerprint density at radius 2 is 2.05 bits per heavy atom. The molecular formula is C13H20N6O. The summed E-state index contributed by atoms with van der Waals surface area (Å²) in [6, 6.07) is 2.03. The fourth-order valence-electron chi connectivity index (χ4n) is 2.50. The van der Waals surface area contributed by atoms with Gasteiger partial charge in [-0.2, -0.15) is 5.10 Å². The van der Waals surface area contributed by atoms with E-state index in [-0.39, 0.29) is 0 Å². The van der Waals surface area contributed by atoms with Crippen LogP contribution in [-0.2, 0) is 19.6 Å². The number of hydrogen-bond donors (Lipinski definition) is 1. The fourth-order valence-corrected chi connectivity index (χ4v) is 2.50. The van der Waals surface area contributed by atoms with Crippen molar-refractivity contribution in [3.63, 3.8) is 0 Å². The first-order valence-electron chi connectivity index (χ1n) is 7.05. The van der Waals surface area contributed by atoms with Crippen LogP contribution in [0.15, 0.2) is 18.7 Å². The molecule has 0 fully saturated rings. The van der Waals surface area contributed by atoms with Gasteiger partial charge in [-0.05, 0) is 12.5 Å². The highest BCUT2D eigenvalue weighted by atomic mass is 16.3. The Morgan fingerprint density at radius 3 is 2.80 bits per heavy atom. The normalized spacial score (nSPS) is 17.1. The van der Waals surface area contributed by atoms with Crippen LogP contribution < -0.4 is 0 Å². The van der Waals surface area contributed by atoms with Gasteiger partial charge in [-0.15, -0.1) is 10.2 Å². The largest absolute Gasteiger partial charge is 0.387 e. The lowest BCUT2D eigenvalue weighted by Crippen LogP contribution is -2.35. The molecule has 0 aromatic carbocycles. The first-order valence-corrected chi connectivity index (χ1v) is 7.05. The molecule has 0 spiro atoms. The van der Waals surface area contributed by atoms with Gasteiger partial charge in [-0.1, -0.05) is 6.92 Å². The van der Waals surface area contributed by atoms with Crippen LogP contribution in [0.4, 0.5) is 0 Å². The lowest BCUT2D eigenvalue weighted by Gasteiger charge is -2.27. The molecule has 0 unspecified atom stereocenters. The molecule has 1 N–H and O–H groups in total. The average Bonchev–Trinajstić information content (AvgIpc) is 3.12. The van der Waals surface area contributed by atoms with E-state index >= 15 is 0 Å². The van der Waals surface area contributed by atoms with Crippen LogP contribution >= 0.6 is 0 Å². The van der Waals surface area contributed by atoms with Crippen LogP contribution in [0.1, 0.15) is 30.8 Å². The Bertz CT molecular complexity index is 549. The van der Waals surface area contributed by atoms with Gasteiger partial charge in [-0.3, -0.25) is 9.58 Å². The summed E-state index contributed by atoms with van der Waals surface area (Å²) in [5.41, 5.74) is 1.98. The van der Waals surface area contributed by atoms with E-state index < -0.39 is 6.10 Å². The highest BCUT2D eigenvalue weighted by Gasteiger charge is 2.20. The zero-order valence-corrected chi connectivity index (χ0v) is 11.7. The lowest BCUT2D eigenvalue weighted by atomic mass is 10.2. The van der Waals surface area contributed by atoms with Crippen LogP contribution in [0, 0.1) is 0 Å². The molecule has 3 heterocycles.